The lowest BCUT2D eigenvalue weighted by Crippen LogP contribution is -2.44. The van der Waals surface area contributed by atoms with Gasteiger partial charge >= 0.3 is 0 Å². The highest BCUT2D eigenvalue weighted by Gasteiger charge is 2.14. The first kappa shape index (κ1) is 16.7. The summed E-state index contributed by atoms with van der Waals surface area (Å²) in [6.07, 6.45) is 0. The van der Waals surface area contributed by atoms with Crippen LogP contribution >= 0.6 is 0 Å². The number of hydrogen-bond acceptors (Lipinski definition) is 3. The average molecular weight is 343 g/mol. The molecule has 1 fully saturated rings. The van der Waals surface area contributed by atoms with Crippen molar-refractivity contribution in [1.82, 2.24) is 4.90 Å². The second kappa shape index (κ2) is 7.63. The Labute approximate surface area is 155 Å². The molecule has 0 amide bonds. The highest BCUT2D eigenvalue weighted by Crippen LogP contribution is 2.26. The van der Waals surface area contributed by atoms with Crippen LogP contribution in [0.5, 0.6) is 0 Å². The van der Waals surface area contributed by atoms with E-state index in [1.807, 2.05) is 6.07 Å². The minimum absolute atomic E-state index is 1.09. The van der Waals surface area contributed by atoms with Crippen LogP contribution in [0.1, 0.15) is 0 Å². The van der Waals surface area contributed by atoms with Gasteiger partial charge in [-0.3, -0.25) is 0 Å². The SMILES string of the molecule is CN1CCN(c2cccc(Nc3ccc(-c4ccccc4)cc3)c2)CC1. The maximum absolute atomic E-state index is 3.53. The molecule has 3 heteroatoms. The van der Waals surface area contributed by atoms with Gasteiger partial charge in [-0.05, 0) is 48.5 Å². The number of anilines is 3. The van der Waals surface area contributed by atoms with Gasteiger partial charge in [-0.1, -0.05) is 48.5 Å². The lowest BCUT2D eigenvalue weighted by molar-refractivity contribution is 0.313. The molecular weight excluding hydrogens is 318 g/mol. The molecule has 0 saturated carbocycles. The zero-order valence-corrected chi connectivity index (χ0v) is 15.2. The lowest BCUT2D eigenvalue weighted by atomic mass is 10.1. The topological polar surface area (TPSA) is 18.5 Å². The Morgan fingerprint density at radius 2 is 1.35 bits per heavy atom. The van der Waals surface area contributed by atoms with Gasteiger partial charge < -0.3 is 15.1 Å². The van der Waals surface area contributed by atoms with E-state index in [-0.39, 0.29) is 0 Å². The van der Waals surface area contributed by atoms with Gasteiger partial charge in [0.2, 0.25) is 0 Å². The molecule has 0 atom stereocenters. The Morgan fingerprint density at radius 3 is 2.08 bits per heavy atom. The van der Waals surface area contributed by atoms with Crippen molar-refractivity contribution in [2.75, 3.05) is 43.4 Å². The normalized spacial score (nSPS) is 15.0. The smallest absolute Gasteiger partial charge is 0.0405 e. The third kappa shape index (κ3) is 3.89. The number of likely N-dealkylation sites (N-methyl/N-ethyl adjacent to an activating group) is 1. The fourth-order valence-corrected chi connectivity index (χ4v) is 3.39. The summed E-state index contributed by atoms with van der Waals surface area (Å²) in [5.41, 5.74) is 6.02. The summed E-state index contributed by atoms with van der Waals surface area (Å²) < 4.78 is 0. The van der Waals surface area contributed by atoms with E-state index in [1.54, 1.807) is 0 Å². The van der Waals surface area contributed by atoms with E-state index in [9.17, 15) is 0 Å². The fourth-order valence-electron chi connectivity index (χ4n) is 3.39. The first-order valence-corrected chi connectivity index (χ1v) is 9.24. The standard InChI is InChI=1S/C23H25N3/c1-25-14-16-26(17-15-25)23-9-5-8-22(18-23)24-21-12-10-20(11-13-21)19-6-3-2-4-7-19/h2-13,18,24H,14-17H2,1H3. The summed E-state index contributed by atoms with van der Waals surface area (Å²) in [6, 6.07) is 27.8. The van der Waals surface area contributed by atoms with E-state index in [0.717, 1.165) is 37.6 Å². The first-order chi connectivity index (χ1) is 12.8. The predicted molar refractivity (Wildman–Crippen MR) is 111 cm³/mol. The number of rotatable bonds is 4. The largest absolute Gasteiger partial charge is 0.369 e. The van der Waals surface area contributed by atoms with Crippen molar-refractivity contribution in [3.63, 3.8) is 0 Å². The molecule has 3 aromatic carbocycles. The highest BCUT2D eigenvalue weighted by molar-refractivity contribution is 5.69. The molecule has 26 heavy (non-hydrogen) atoms. The van der Waals surface area contributed by atoms with Crippen LogP contribution in [0.2, 0.25) is 0 Å². The van der Waals surface area contributed by atoms with E-state index in [4.69, 9.17) is 0 Å². The first-order valence-electron chi connectivity index (χ1n) is 9.24. The summed E-state index contributed by atoms with van der Waals surface area (Å²) in [5, 5.41) is 3.53. The van der Waals surface area contributed by atoms with Gasteiger partial charge in [0, 0.05) is 43.2 Å². The molecule has 0 unspecified atom stereocenters. The third-order valence-corrected chi connectivity index (χ3v) is 5.00. The maximum atomic E-state index is 3.53. The molecule has 3 aromatic rings. The maximum Gasteiger partial charge on any atom is 0.0405 e. The quantitative estimate of drug-likeness (QED) is 0.730. The molecule has 1 saturated heterocycles. The predicted octanol–water partition coefficient (Wildman–Crippen LogP) is 4.85. The van der Waals surface area contributed by atoms with E-state index in [1.165, 1.54) is 16.8 Å². The molecular formula is C23H25N3. The van der Waals surface area contributed by atoms with Crippen LogP contribution in [0.25, 0.3) is 11.1 Å². The Balaban J connectivity index is 1.46. The van der Waals surface area contributed by atoms with Gasteiger partial charge in [-0.25, -0.2) is 0 Å². The molecule has 1 heterocycles. The molecule has 3 nitrogen and oxygen atoms in total. The van der Waals surface area contributed by atoms with Gasteiger partial charge in [-0.2, -0.15) is 0 Å². The van der Waals surface area contributed by atoms with Crippen LogP contribution in [0.15, 0.2) is 78.9 Å². The van der Waals surface area contributed by atoms with Crippen LogP contribution < -0.4 is 10.2 Å². The Morgan fingerprint density at radius 1 is 0.654 bits per heavy atom. The molecule has 0 aromatic heterocycles. The monoisotopic (exact) mass is 343 g/mol. The van der Waals surface area contributed by atoms with Crippen molar-refractivity contribution >= 4 is 17.1 Å². The number of benzene rings is 3. The molecule has 132 valence electrons. The van der Waals surface area contributed by atoms with Crippen LogP contribution in [-0.4, -0.2) is 38.1 Å². The summed E-state index contributed by atoms with van der Waals surface area (Å²) in [7, 11) is 2.19. The molecule has 4 rings (SSSR count). The van der Waals surface area contributed by atoms with Crippen molar-refractivity contribution in [3.8, 4) is 11.1 Å². The third-order valence-electron chi connectivity index (χ3n) is 5.00. The van der Waals surface area contributed by atoms with Crippen molar-refractivity contribution in [1.29, 1.82) is 0 Å². The van der Waals surface area contributed by atoms with Crippen LogP contribution in [0.4, 0.5) is 17.1 Å². The van der Waals surface area contributed by atoms with Crippen molar-refractivity contribution < 1.29 is 0 Å². The zero-order chi connectivity index (χ0) is 17.8. The van der Waals surface area contributed by atoms with E-state index in [2.05, 4.69) is 95.0 Å². The van der Waals surface area contributed by atoms with Gasteiger partial charge in [0.25, 0.3) is 0 Å². The highest BCUT2D eigenvalue weighted by atomic mass is 15.2. The zero-order valence-electron chi connectivity index (χ0n) is 15.2. The van der Waals surface area contributed by atoms with E-state index in [0.29, 0.717) is 0 Å². The fraction of sp³-hybridized carbons (Fsp3) is 0.217. The van der Waals surface area contributed by atoms with Gasteiger partial charge in [-0.15, -0.1) is 0 Å². The number of piperazine rings is 1. The summed E-state index contributed by atoms with van der Waals surface area (Å²) in [6.45, 7) is 4.43. The number of nitrogens with one attached hydrogen (secondary N) is 1. The van der Waals surface area contributed by atoms with Crippen LogP contribution in [0, 0.1) is 0 Å². The minimum atomic E-state index is 1.09. The Bertz CT molecular complexity index is 835. The minimum Gasteiger partial charge on any atom is -0.369 e. The van der Waals surface area contributed by atoms with Crippen LogP contribution in [0.3, 0.4) is 0 Å². The molecule has 0 bridgehead atoms. The van der Waals surface area contributed by atoms with Gasteiger partial charge in [0.05, 0.1) is 0 Å². The van der Waals surface area contributed by atoms with E-state index >= 15 is 0 Å². The van der Waals surface area contributed by atoms with Crippen molar-refractivity contribution in [2.45, 2.75) is 0 Å². The Kier molecular flexibility index (Phi) is 4.89. The molecule has 0 radical (unpaired) electrons. The summed E-state index contributed by atoms with van der Waals surface area (Å²) in [4.78, 5) is 4.84. The Hall–Kier alpha value is -2.78. The number of hydrogen-bond donors (Lipinski definition) is 1. The average Bonchev–Trinajstić information content (AvgIpc) is 2.70. The molecule has 1 aliphatic rings. The van der Waals surface area contributed by atoms with E-state index < -0.39 is 0 Å². The second-order valence-electron chi connectivity index (χ2n) is 6.91. The number of nitrogens with zero attached hydrogens (tertiary/aromatic N) is 2. The summed E-state index contributed by atoms with van der Waals surface area (Å²) >= 11 is 0. The van der Waals surface area contributed by atoms with Gasteiger partial charge in [0.1, 0.15) is 0 Å². The molecule has 0 spiro atoms. The molecule has 0 aliphatic carbocycles. The molecule has 1 aliphatic heterocycles. The van der Waals surface area contributed by atoms with Crippen molar-refractivity contribution in [3.05, 3.63) is 78.9 Å². The van der Waals surface area contributed by atoms with Crippen LogP contribution in [-0.2, 0) is 0 Å². The second-order valence-corrected chi connectivity index (χ2v) is 6.91. The van der Waals surface area contributed by atoms with Crippen molar-refractivity contribution in [2.24, 2.45) is 0 Å². The lowest BCUT2D eigenvalue weighted by Gasteiger charge is -2.34. The van der Waals surface area contributed by atoms with Gasteiger partial charge in [0.15, 0.2) is 0 Å². The molecule has 1 N–H and O–H groups in total. The summed E-state index contributed by atoms with van der Waals surface area (Å²) in [5.74, 6) is 0.